The number of sulfone groups is 1. The quantitative estimate of drug-likeness (QED) is 0.444. The van der Waals surface area contributed by atoms with Gasteiger partial charge < -0.3 is 10.6 Å². The Kier molecular flexibility index (Phi) is 8.62. The van der Waals surface area contributed by atoms with E-state index in [2.05, 4.69) is 60.7 Å². The first kappa shape index (κ1) is 24.9. The van der Waals surface area contributed by atoms with Crippen molar-refractivity contribution in [2.45, 2.75) is 58.4 Å². The molecule has 0 bridgehead atoms. The molecular weight excluding hydrogens is 413 g/mol. The van der Waals surface area contributed by atoms with Gasteiger partial charge in [-0.25, -0.2) is 17.8 Å². The number of rotatable bonds is 9. The fraction of sp³-hybridized carbons (Fsp3) is 0.458. The van der Waals surface area contributed by atoms with E-state index in [9.17, 15) is 12.8 Å². The van der Waals surface area contributed by atoms with Crippen LogP contribution in [0, 0.1) is 5.82 Å². The Balaban J connectivity index is 2.11. The van der Waals surface area contributed by atoms with Gasteiger partial charge in [0.25, 0.3) is 0 Å². The molecule has 0 fully saturated rings. The van der Waals surface area contributed by atoms with Gasteiger partial charge in [0.05, 0.1) is 12.3 Å². The van der Waals surface area contributed by atoms with Gasteiger partial charge >= 0.3 is 0 Å². The van der Waals surface area contributed by atoms with Crippen LogP contribution in [-0.2, 0) is 34.1 Å². The van der Waals surface area contributed by atoms with Crippen molar-refractivity contribution in [2.24, 2.45) is 4.99 Å². The van der Waals surface area contributed by atoms with E-state index in [-0.39, 0.29) is 17.7 Å². The third-order valence-corrected chi connectivity index (χ3v) is 6.25. The van der Waals surface area contributed by atoms with Crippen LogP contribution >= 0.6 is 0 Å². The molecule has 0 radical (unpaired) electrons. The molecule has 0 heterocycles. The summed E-state index contributed by atoms with van der Waals surface area (Å²) in [5.74, 6) is 0.0689. The third kappa shape index (κ3) is 7.98. The average molecular weight is 448 g/mol. The van der Waals surface area contributed by atoms with E-state index < -0.39 is 15.7 Å². The minimum absolute atomic E-state index is 0.127. The Morgan fingerprint density at radius 1 is 1.03 bits per heavy atom. The van der Waals surface area contributed by atoms with Crippen LogP contribution < -0.4 is 10.6 Å². The van der Waals surface area contributed by atoms with Crippen molar-refractivity contribution < 1.29 is 12.8 Å². The van der Waals surface area contributed by atoms with Gasteiger partial charge in [0.1, 0.15) is 5.82 Å². The maximum Gasteiger partial charge on any atom is 0.191 e. The molecule has 0 saturated carbocycles. The predicted molar refractivity (Wildman–Crippen MR) is 126 cm³/mol. The summed E-state index contributed by atoms with van der Waals surface area (Å²) >= 11 is 0. The molecule has 2 aromatic carbocycles. The van der Waals surface area contributed by atoms with E-state index in [0.29, 0.717) is 30.2 Å². The van der Waals surface area contributed by atoms with Gasteiger partial charge in [-0.2, -0.15) is 0 Å². The fourth-order valence-corrected chi connectivity index (χ4v) is 3.99. The van der Waals surface area contributed by atoms with Crippen LogP contribution in [0.3, 0.4) is 0 Å². The Bertz CT molecular complexity index is 1000. The van der Waals surface area contributed by atoms with Crippen molar-refractivity contribution in [3.05, 3.63) is 70.5 Å². The molecule has 0 aliphatic heterocycles. The molecule has 0 saturated heterocycles. The molecular formula is C24H34FN3O2S. The SMILES string of the molecule is CCNC(=NCc1ccc(C(C)(C)CC)cc1)NCc1cc(F)ccc1CS(C)(=O)=O. The maximum absolute atomic E-state index is 13.7. The molecule has 0 spiro atoms. The van der Waals surface area contributed by atoms with Crippen molar-refractivity contribution in [2.75, 3.05) is 12.8 Å². The average Bonchev–Trinajstić information content (AvgIpc) is 2.71. The lowest BCUT2D eigenvalue weighted by Gasteiger charge is -2.23. The molecule has 5 nitrogen and oxygen atoms in total. The minimum Gasteiger partial charge on any atom is -0.357 e. The Labute approximate surface area is 186 Å². The van der Waals surface area contributed by atoms with Crippen LogP contribution in [0.25, 0.3) is 0 Å². The zero-order valence-electron chi connectivity index (χ0n) is 19.1. The first-order chi connectivity index (χ1) is 14.5. The van der Waals surface area contributed by atoms with E-state index in [0.717, 1.165) is 12.0 Å². The summed E-state index contributed by atoms with van der Waals surface area (Å²) in [5, 5.41) is 6.36. The van der Waals surface area contributed by atoms with Crippen LogP contribution in [0.5, 0.6) is 0 Å². The largest absolute Gasteiger partial charge is 0.357 e. The van der Waals surface area contributed by atoms with Gasteiger partial charge in [-0.1, -0.05) is 51.1 Å². The zero-order valence-corrected chi connectivity index (χ0v) is 19.9. The Morgan fingerprint density at radius 2 is 1.71 bits per heavy atom. The number of aliphatic imine (C=N–C) groups is 1. The minimum atomic E-state index is -3.22. The summed E-state index contributed by atoms with van der Waals surface area (Å²) in [6.45, 7) is 10.1. The number of hydrogen-bond donors (Lipinski definition) is 2. The van der Waals surface area contributed by atoms with Gasteiger partial charge in [0.15, 0.2) is 15.8 Å². The van der Waals surface area contributed by atoms with E-state index in [1.165, 1.54) is 30.0 Å². The van der Waals surface area contributed by atoms with Crippen LogP contribution in [0.2, 0.25) is 0 Å². The summed E-state index contributed by atoms with van der Waals surface area (Å²) < 4.78 is 37.1. The van der Waals surface area contributed by atoms with E-state index in [4.69, 9.17) is 0 Å². The summed E-state index contributed by atoms with van der Waals surface area (Å²) in [6, 6.07) is 12.7. The van der Waals surface area contributed by atoms with Crippen LogP contribution in [0.1, 0.15) is 56.4 Å². The molecule has 7 heteroatoms. The first-order valence-electron chi connectivity index (χ1n) is 10.6. The molecule has 0 amide bonds. The lowest BCUT2D eigenvalue weighted by atomic mass is 9.82. The molecule has 31 heavy (non-hydrogen) atoms. The van der Waals surface area contributed by atoms with Crippen molar-refractivity contribution in [1.29, 1.82) is 0 Å². The van der Waals surface area contributed by atoms with Crippen LogP contribution in [0.4, 0.5) is 4.39 Å². The summed E-state index contributed by atoms with van der Waals surface area (Å²) in [6.07, 6.45) is 2.24. The molecule has 0 aromatic heterocycles. The second-order valence-electron chi connectivity index (χ2n) is 8.47. The first-order valence-corrected chi connectivity index (χ1v) is 12.7. The maximum atomic E-state index is 13.7. The lowest BCUT2D eigenvalue weighted by Crippen LogP contribution is -2.37. The second-order valence-corrected chi connectivity index (χ2v) is 10.6. The Hall–Kier alpha value is -2.41. The summed E-state index contributed by atoms with van der Waals surface area (Å²) in [5.41, 5.74) is 3.73. The predicted octanol–water partition coefficient (Wildman–Crippen LogP) is 4.31. The molecule has 2 aromatic rings. The highest BCUT2D eigenvalue weighted by Crippen LogP contribution is 2.26. The number of halogens is 1. The number of guanidine groups is 1. The summed E-state index contributed by atoms with van der Waals surface area (Å²) in [7, 11) is -3.22. The monoisotopic (exact) mass is 447 g/mol. The molecule has 0 unspecified atom stereocenters. The highest BCUT2D eigenvalue weighted by Gasteiger charge is 2.17. The topological polar surface area (TPSA) is 70.6 Å². The summed E-state index contributed by atoms with van der Waals surface area (Å²) in [4.78, 5) is 4.62. The third-order valence-electron chi connectivity index (χ3n) is 5.42. The number of hydrogen-bond acceptors (Lipinski definition) is 3. The second kappa shape index (κ2) is 10.8. The van der Waals surface area contributed by atoms with Gasteiger partial charge in [-0.15, -0.1) is 0 Å². The van der Waals surface area contributed by atoms with E-state index in [1.807, 2.05) is 6.92 Å². The standard InChI is InChI=1S/C24H34FN3O2S/c1-6-24(3,4)21-11-8-18(9-12-21)15-27-23(26-7-2)28-16-20-14-22(25)13-10-19(20)17-31(5,29)30/h8-14H,6-7,15-17H2,1-5H3,(H2,26,27,28). The molecule has 2 N–H and O–H groups in total. The lowest BCUT2D eigenvalue weighted by molar-refractivity contribution is 0.506. The number of nitrogens with zero attached hydrogens (tertiary/aromatic N) is 1. The van der Waals surface area contributed by atoms with E-state index in [1.54, 1.807) is 0 Å². The van der Waals surface area contributed by atoms with E-state index >= 15 is 0 Å². The van der Waals surface area contributed by atoms with Gasteiger partial charge in [0.2, 0.25) is 0 Å². The zero-order chi connectivity index (χ0) is 23.1. The van der Waals surface area contributed by atoms with Gasteiger partial charge in [-0.3, -0.25) is 0 Å². The van der Waals surface area contributed by atoms with Crippen molar-refractivity contribution in [3.8, 4) is 0 Å². The van der Waals surface area contributed by atoms with Crippen LogP contribution in [-0.4, -0.2) is 27.2 Å². The highest BCUT2D eigenvalue weighted by molar-refractivity contribution is 7.89. The molecule has 0 atom stereocenters. The van der Waals surface area contributed by atoms with Crippen LogP contribution in [0.15, 0.2) is 47.5 Å². The molecule has 2 rings (SSSR count). The Morgan fingerprint density at radius 3 is 2.29 bits per heavy atom. The van der Waals surface area contributed by atoms with Crippen molar-refractivity contribution >= 4 is 15.8 Å². The number of benzene rings is 2. The normalized spacial score (nSPS) is 12.6. The van der Waals surface area contributed by atoms with Crippen molar-refractivity contribution in [3.63, 3.8) is 0 Å². The van der Waals surface area contributed by atoms with Crippen molar-refractivity contribution in [1.82, 2.24) is 10.6 Å². The van der Waals surface area contributed by atoms with Gasteiger partial charge in [0, 0.05) is 19.3 Å². The fourth-order valence-electron chi connectivity index (χ4n) is 3.14. The molecule has 0 aliphatic carbocycles. The van der Waals surface area contributed by atoms with Gasteiger partial charge in [-0.05, 0) is 53.1 Å². The molecule has 0 aliphatic rings. The smallest absolute Gasteiger partial charge is 0.191 e. The highest BCUT2D eigenvalue weighted by atomic mass is 32.2. The number of nitrogens with one attached hydrogen (secondary N) is 2. The molecule has 170 valence electrons.